The predicted molar refractivity (Wildman–Crippen MR) is 140 cm³/mol. The number of nitrogens with zero attached hydrogens (tertiary/aromatic N) is 3. The summed E-state index contributed by atoms with van der Waals surface area (Å²) in [6.45, 7) is 3.38. The van der Waals surface area contributed by atoms with Crippen LogP contribution >= 0.6 is 0 Å². The largest absolute Gasteiger partial charge is 0.421 e. The van der Waals surface area contributed by atoms with Gasteiger partial charge in [-0.1, -0.05) is 25.1 Å². The zero-order valence-corrected chi connectivity index (χ0v) is 22.6. The predicted octanol–water partition coefficient (Wildman–Crippen LogP) is 4.50. The van der Waals surface area contributed by atoms with E-state index in [4.69, 9.17) is 4.42 Å². The van der Waals surface area contributed by atoms with Crippen molar-refractivity contribution in [3.05, 3.63) is 93.2 Å². The fraction of sp³-hybridized carbons (Fsp3) is 0.259. The Balaban J connectivity index is 1.78. The standard InChI is InChI=1S/C27H25F3N4O5S/c1-4-6-23-32-33-25(39-23)21-14-22(24(35)31-15-17-9-11-20(12-10-17)40(3,37)38)26(36)34(16(21)2)19-8-5-7-18(13-19)27(28,29)30/h5,7-14H,4,6,15H2,1-3H3,(H,31,35). The molecule has 2 aromatic carbocycles. The zero-order valence-electron chi connectivity index (χ0n) is 21.7. The van der Waals surface area contributed by atoms with E-state index in [1.165, 1.54) is 49.4 Å². The quantitative estimate of drug-likeness (QED) is 0.329. The molecular formula is C27H25F3N4O5S. The van der Waals surface area contributed by atoms with Crippen LogP contribution in [0.4, 0.5) is 13.2 Å². The van der Waals surface area contributed by atoms with E-state index in [1.54, 1.807) is 0 Å². The first-order valence-electron chi connectivity index (χ1n) is 12.1. The number of pyridine rings is 1. The van der Waals surface area contributed by atoms with Gasteiger partial charge in [-0.15, -0.1) is 10.2 Å². The van der Waals surface area contributed by atoms with Crippen molar-refractivity contribution >= 4 is 15.7 Å². The van der Waals surface area contributed by atoms with Crippen LogP contribution in [-0.4, -0.2) is 35.3 Å². The van der Waals surface area contributed by atoms with Crippen molar-refractivity contribution in [2.75, 3.05) is 6.26 Å². The molecule has 0 saturated heterocycles. The van der Waals surface area contributed by atoms with Crippen LogP contribution in [0, 0.1) is 6.92 Å². The first-order valence-corrected chi connectivity index (χ1v) is 14.0. The maximum absolute atomic E-state index is 13.5. The topological polar surface area (TPSA) is 124 Å². The Morgan fingerprint density at radius 2 is 1.77 bits per heavy atom. The summed E-state index contributed by atoms with van der Waals surface area (Å²) in [6.07, 6.45) is -2.36. The lowest BCUT2D eigenvalue weighted by atomic mass is 10.1. The number of rotatable bonds is 8. The lowest BCUT2D eigenvalue weighted by Crippen LogP contribution is -2.33. The summed E-state index contributed by atoms with van der Waals surface area (Å²) in [5.74, 6) is -0.461. The van der Waals surface area contributed by atoms with E-state index in [0.29, 0.717) is 17.9 Å². The molecule has 0 aliphatic carbocycles. The number of amides is 1. The van der Waals surface area contributed by atoms with Crippen molar-refractivity contribution in [3.8, 4) is 17.1 Å². The van der Waals surface area contributed by atoms with E-state index >= 15 is 0 Å². The van der Waals surface area contributed by atoms with Gasteiger partial charge in [0.25, 0.3) is 11.5 Å². The third-order valence-electron chi connectivity index (χ3n) is 6.09. The van der Waals surface area contributed by atoms with Crippen molar-refractivity contribution in [2.45, 2.75) is 44.3 Å². The Kier molecular flexibility index (Phi) is 7.96. The molecule has 0 aliphatic rings. The summed E-state index contributed by atoms with van der Waals surface area (Å²) in [4.78, 5) is 26.9. The van der Waals surface area contributed by atoms with E-state index in [9.17, 15) is 31.2 Å². The number of aromatic nitrogens is 3. The molecule has 0 spiro atoms. The Morgan fingerprint density at radius 3 is 2.40 bits per heavy atom. The van der Waals surface area contributed by atoms with Crippen LogP contribution in [0.3, 0.4) is 0 Å². The highest BCUT2D eigenvalue weighted by molar-refractivity contribution is 7.90. The zero-order chi connectivity index (χ0) is 29.2. The first-order chi connectivity index (χ1) is 18.8. The third-order valence-corrected chi connectivity index (χ3v) is 7.22. The average Bonchev–Trinajstić information content (AvgIpc) is 3.35. The number of sulfone groups is 1. The molecule has 0 aliphatic heterocycles. The van der Waals surface area contributed by atoms with Gasteiger partial charge in [0.05, 0.1) is 16.0 Å². The highest BCUT2D eigenvalue weighted by Gasteiger charge is 2.31. The van der Waals surface area contributed by atoms with Gasteiger partial charge < -0.3 is 9.73 Å². The normalized spacial score (nSPS) is 11.9. The van der Waals surface area contributed by atoms with Crippen molar-refractivity contribution in [3.63, 3.8) is 0 Å². The average molecular weight is 575 g/mol. The van der Waals surface area contributed by atoms with Gasteiger partial charge in [-0.3, -0.25) is 14.2 Å². The SMILES string of the molecule is CCCc1nnc(-c2cc(C(=O)NCc3ccc(S(C)(=O)=O)cc3)c(=O)n(-c3cccc(C(F)(F)F)c3)c2C)o1. The molecule has 1 amide bonds. The molecule has 2 aromatic heterocycles. The molecule has 13 heteroatoms. The maximum atomic E-state index is 13.5. The lowest BCUT2D eigenvalue weighted by molar-refractivity contribution is -0.137. The van der Waals surface area contributed by atoms with Gasteiger partial charge in [-0.25, -0.2) is 8.42 Å². The molecule has 0 atom stereocenters. The Hall–Kier alpha value is -4.26. The highest BCUT2D eigenvalue weighted by Crippen LogP contribution is 2.31. The maximum Gasteiger partial charge on any atom is 0.416 e. The molecule has 4 aromatic rings. The van der Waals surface area contributed by atoms with Crippen LogP contribution in [-0.2, 0) is 29.0 Å². The number of halogens is 3. The molecule has 0 fully saturated rings. The number of aryl methyl sites for hydroxylation is 1. The molecule has 40 heavy (non-hydrogen) atoms. The summed E-state index contributed by atoms with van der Waals surface area (Å²) in [5, 5.41) is 10.6. The van der Waals surface area contributed by atoms with Gasteiger partial charge in [0.15, 0.2) is 9.84 Å². The number of carbonyl (C=O) groups is 1. The van der Waals surface area contributed by atoms with Crippen LogP contribution in [0.25, 0.3) is 17.1 Å². The Labute approximate surface area is 227 Å². The minimum absolute atomic E-state index is 0.00656. The van der Waals surface area contributed by atoms with Gasteiger partial charge in [0.2, 0.25) is 11.8 Å². The van der Waals surface area contributed by atoms with Gasteiger partial charge in [0, 0.05) is 30.6 Å². The second-order valence-electron chi connectivity index (χ2n) is 9.10. The first kappa shape index (κ1) is 28.7. The van der Waals surface area contributed by atoms with E-state index in [1.807, 2.05) is 6.92 Å². The molecule has 0 radical (unpaired) electrons. The molecule has 2 heterocycles. The third kappa shape index (κ3) is 6.14. The molecule has 0 unspecified atom stereocenters. The van der Waals surface area contributed by atoms with Gasteiger partial charge >= 0.3 is 6.18 Å². The number of alkyl halides is 3. The smallest absolute Gasteiger partial charge is 0.416 e. The number of hydrogen-bond acceptors (Lipinski definition) is 7. The molecule has 0 saturated carbocycles. The number of carbonyl (C=O) groups excluding carboxylic acids is 1. The van der Waals surface area contributed by atoms with Crippen LogP contribution in [0.15, 0.2) is 68.7 Å². The van der Waals surface area contributed by atoms with Crippen LogP contribution in [0.5, 0.6) is 0 Å². The van der Waals surface area contributed by atoms with Gasteiger partial charge in [-0.2, -0.15) is 13.2 Å². The molecule has 0 bridgehead atoms. The van der Waals surface area contributed by atoms with Gasteiger partial charge in [-0.05, 0) is 55.3 Å². The van der Waals surface area contributed by atoms with Crippen molar-refractivity contribution in [1.29, 1.82) is 0 Å². The molecule has 9 nitrogen and oxygen atoms in total. The minimum Gasteiger partial charge on any atom is -0.421 e. The lowest BCUT2D eigenvalue weighted by Gasteiger charge is -2.16. The Bertz CT molecular complexity index is 1730. The number of benzene rings is 2. The summed E-state index contributed by atoms with van der Waals surface area (Å²) in [5.41, 5.74) is -1.31. The highest BCUT2D eigenvalue weighted by atomic mass is 32.2. The monoisotopic (exact) mass is 574 g/mol. The number of nitrogens with one attached hydrogen (secondary N) is 1. The molecule has 4 rings (SSSR count). The van der Waals surface area contributed by atoms with E-state index < -0.39 is 33.0 Å². The summed E-state index contributed by atoms with van der Waals surface area (Å²) < 4.78 is 70.4. The summed E-state index contributed by atoms with van der Waals surface area (Å²) in [7, 11) is -3.40. The minimum atomic E-state index is -4.65. The van der Waals surface area contributed by atoms with Gasteiger partial charge in [0.1, 0.15) is 5.56 Å². The second-order valence-corrected chi connectivity index (χ2v) is 11.1. The van der Waals surface area contributed by atoms with Crippen LogP contribution in [0.1, 0.15) is 46.4 Å². The van der Waals surface area contributed by atoms with Crippen LogP contribution < -0.4 is 10.9 Å². The summed E-state index contributed by atoms with van der Waals surface area (Å²) in [6, 6.07) is 11.3. The molecular weight excluding hydrogens is 549 g/mol. The fourth-order valence-corrected chi connectivity index (χ4v) is 4.66. The van der Waals surface area contributed by atoms with E-state index in [0.717, 1.165) is 29.4 Å². The summed E-state index contributed by atoms with van der Waals surface area (Å²) >= 11 is 0. The fourth-order valence-electron chi connectivity index (χ4n) is 4.02. The molecule has 210 valence electrons. The van der Waals surface area contributed by atoms with Crippen molar-refractivity contribution in [1.82, 2.24) is 20.1 Å². The van der Waals surface area contributed by atoms with Crippen LogP contribution in [0.2, 0.25) is 0 Å². The van der Waals surface area contributed by atoms with E-state index in [-0.39, 0.29) is 39.8 Å². The molecule has 1 N–H and O–H groups in total. The van der Waals surface area contributed by atoms with E-state index in [2.05, 4.69) is 15.5 Å². The number of hydrogen-bond donors (Lipinski definition) is 1. The Morgan fingerprint density at radius 1 is 1.07 bits per heavy atom. The second kappa shape index (κ2) is 11.1. The van der Waals surface area contributed by atoms with Crippen molar-refractivity contribution in [2.24, 2.45) is 0 Å². The van der Waals surface area contributed by atoms with Crippen molar-refractivity contribution < 1.29 is 30.8 Å².